The Bertz CT molecular complexity index is 351. The molecule has 2 N–H and O–H groups in total. The summed E-state index contributed by atoms with van der Waals surface area (Å²) < 4.78 is 5.42. The van der Waals surface area contributed by atoms with Gasteiger partial charge in [0.15, 0.2) is 0 Å². The number of amides is 1. The summed E-state index contributed by atoms with van der Waals surface area (Å²) in [5.41, 5.74) is 6.05. The fourth-order valence-corrected chi connectivity index (χ4v) is 3.72. The van der Waals surface area contributed by atoms with Crippen LogP contribution >= 0.6 is 0 Å². The van der Waals surface area contributed by atoms with Crippen LogP contribution in [-0.4, -0.2) is 43.2 Å². The van der Waals surface area contributed by atoms with Crippen LogP contribution in [0, 0.1) is 16.7 Å². The highest BCUT2D eigenvalue weighted by molar-refractivity contribution is 5.84. The second kappa shape index (κ2) is 4.74. The van der Waals surface area contributed by atoms with Crippen molar-refractivity contribution in [3.05, 3.63) is 0 Å². The lowest BCUT2D eigenvalue weighted by atomic mass is 9.97. The average molecular weight is 268 g/mol. The Morgan fingerprint density at radius 1 is 1.32 bits per heavy atom. The third-order valence-corrected chi connectivity index (χ3v) is 5.82. The summed E-state index contributed by atoms with van der Waals surface area (Å²) in [7, 11) is 1.74. The molecule has 1 amide bonds. The molecule has 2 fully saturated rings. The van der Waals surface area contributed by atoms with Crippen molar-refractivity contribution in [3.63, 3.8) is 0 Å². The second-order valence-corrected chi connectivity index (χ2v) is 7.18. The number of carbonyl (C=O) groups excluding carboxylic acids is 1. The largest absolute Gasteiger partial charge is 0.381 e. The van der Waals surface area contributed by atoms with Crippen molar-refractivity contribution in [2.24, 2.45) is 22.5 Å². The Labute approximate surface area is 116 Å². The number of likely N-dealkylation sites (tertiary alicyclic amines) is 1. The van der Waals surface area contributed by atoms with E-state index in [1.807, 2.05) is 4.90 Å². The predicted octanol–water partition coefficient (Wildman–Crippen LogP) is 1.63. The van der Waals surface area contributed by atoms with E-state index >= 15 is 0 Å². The van der Waals surface area contributed by atoms with E-state index in [2.05, 4.69) is 27.7 Å². The molecule has 4 heteroatoms. The van der Waals surface area contributed by atoms with E-state index in [4.69, 9.17) is 10.5 Å². The van der Waals surface area contributed by atoms with Crippen molar-refractivity contribution in [1.82, 2.24) is 4.90 Å². The van der Waals surface area contributed by atoms with E-state index < -0.39 is 0 Å². The summed E-state index contributed by atoms with van der Waals surface area (Å²) in [6.07, 6.45) is 2.04. The van der Waals surface area contributed by atoms with Gasteiger partial charge in [-0.3, -0.25) is 4.79 Å². The third-order valence-electron chi connectivity index (χ3n) is 5.82. The van der Waals surface area contributed by atoms with E-state index in [0.717, 1.165) is 19.4 Å². The number of nitrogens with zero attached hydrogens (tertiary/aromatic N) is 1. The number of rotatable bonds is 3. The van der Waals surface area contributed by atoms with Gasteiger partial charge >= 0.3 is 0 Å². The third kappa shape index (κ3) is 2.19. The summed E-state index contributed by atoms with van der Waals surface area (Å²) in [6, 6.07) is 0.137. The number of nitrogens with two attached hydrogens (primary N) is 1. The minimum atomic E-state index is 0.0985. The molecule has 1 heterocycles. The molecule has 2 aliphatic rings. The van der Waals surface area contributed by atoms with Gasteiger partial charge in [0.2, 0.25) is 5.91 Å². The molecule has 110 valence electrons. The summed E-state index contributed by atoms with van der Waals surface area (Å²) >= 11 is 0. The van der Waals surface area contributed by atoms with Crippen molar-refractivity contribution in [3.8, 4) is 0 Å². The molecule has 4 nitrogen and oxygen atoms in total. The molecule has 2 rings (SSSR count). The van der Waals surface area contributed by atoms with E-state index in [0.29, 0.717) is 12.5 Å². The van der Waals surface area contributed by atoms with Gasteiger partial charge in [-0.05, 0) is 23.7 Å². The molecule has 1 saturated heterocycles. The first-order chi connectivity index (χ1) is 8.77. The summed E-state index contributed by atoms with van der Waals surface area (Å²) in [5.74, 6) is 0.424. The number of methoxy groups -OCH3 is 1. The predicted molar refractivity (Wildman–Crippen MR) is 75.6 cm³/mol. The average Bonchev–Trinajstić information content (AvgIpc) is 2.78. The molecule has 0 aromatic rings. The maximum Gasteiger partial charge on any atom is 0.227 e. The fourth-order valence-electron chi connectivity index (χ4n) is 3.72. The minimum Gasteiger partial charge on any atom is -0.381 e. The van der Waals surface area contributed by atoms with Crippen LogP contribution in [0.5, 0.6) is 0 Å². The zero-order chi connectivity index (χ0) is 14.4. The zero-order valence-electron chi connectivity index (χ0n) is 12.9. The van der Waals surface area contributed by atoms with Gasteiger partial charge < -0.3 is 15.4 Å². The van der Waals surface area contributed by atoms with E-state index in [1.54, 1.807) is 7.11 Å². The lowest BCUT2D eigenvalue weighted by Gasteiger charge is -2.39. The van der Waals surface area contributed by atoms with Gasteiger partial charge in [0, 0.05) is 32.2 Å². The van der Waals surface area contributed by atoms with Crippen LogP contribution in [0.1, 0.15) is 40.5 Å². The van der Waals surface area contributed by atoms with Crippen LogP contribution in [-0.2, 0) is 9.53 Å². The lowest BCUT2D eigenvalue weighted by molar-refractivity contribution is -0.139. The highest BCUT2D eigenvalue weighted by atomic mass is 16.5. The molecule has 0 radical (unpaired) electrons. The first kappa shape index (κ1) is 14.8. The first-order valence-electron chi connectivity index (χ1n) is 7.30. The molecule has 1 saturated carbocycles. The van der Waals surface area contributed by atoms with Crippen molar-refractivity contribution < 1.29 is 9.53 Å². The molecule has 0 aromatic carbocycles. The van der Waals surface area contributed by atoms with Crippen LogP contribution in [0.4, 0.5) is 0 Å². The van der Waals surface area contributed by atoms with Crippen LogP contribution < -0.4 is 5.73 Å². The number of ether oxygens (including phenoxy) is 1. The van der Waals surface area contributed by atoms with E-state index in [1.165, 1.54) is 0 Å². The van der Waals surface area contributed by atoms with Gasteiger partial charge in [-0.25, -0.2) is 0 Å². The minimum absolute atomic E-state index is 0.0985. The van der Waals surface area contributed by atoms with Crippen LogP contribution in [0.2, 0.25) is 0 Å². The molecule has 1 aliphatic carbocycles. The number of hydrogen-bond acceptors (Lipinski definition) is 3. The second-order valence-electron chi connectivity index (χ2n) is 7.18. The van der Waals surface area contributed by atoms with Gasteiger partial charge in [-0.15, -0.1) is 0 Å². The van der Waals surface area contributed by atoms with Gasteiger partial charge in [0.1, 0.15) is 0 Å². The number of carbonyl (C=O) groups is 1. The smallest absolute Gasteiger partial charge is 0.227 e. The Morgan fingerprint density at radius 3 is 2.32 bits per heavy atom. The normalized spacial score (nSPS) is 33.3. The van der Waals surface area contributed by atoms with E-state index in [9.17, 15) is 4.79 Å². The number of piperidine rings is 1. The Morgan fingerprint density at radius 2 is 1.89 bits per heavy atom. The Hall–Kier alpha value is -0.610. The topological polar surface area (TPSA) is 55.6 Å². The van der Waals surface area contributed by atoms with Crippen LogP contribution in [0.25, 0.3) is 0 Å². The quantitative estimate of drug-likeness (QED) is 0.846. The molecule has 0 aromatic heterocycles. The summed E-state index contributed by atoms with van der Waals surface area (Å²) in [4.78, 5) is 14.8. The highest BCUT2D eigenvalue weighted by Gasteiger charge is 2.69. The SMILES string of the molecule is COC1CCN(C(=O)C2C(C)(C)C2(C)C)C(CN)C1. The van der Waals surface area contributed by atoms with Gasteiger partial charge in [-0.1, -0.05) is 27.7 Å². The molecule has 1 aliphatic heterocycles. The van der Waals surface area contributed by atoms with Gasteiger partial charge in [0.05, 0.1) is 6.10 Å². The number of hydrogen-bond donors (Lipinski definition) is 1. The lowest BCUT2D eigenvalue weighted by Crippen LogP contribution is -2.52. The molecule has 0 bridgehead atoms. The van der Waals surface area contributed by atoms with Crippen LogP contribution in [0.3, 0.4) is 0 Å². The molecular weight excluding hydrogens is 240 g/mol. The van der Waals surface area contributed by atoms with Gasteiger partial charge in [0.25, 0.3) is 0 Å². The Kier molecular flexibility index (Phi) is 3.69. The van der Waals surface area contributed by atoms with Gasteiger partial charge in [-0.2, -0.15) is 0 Å². The zero-order valence-corrected chi connectivity index (χ0v) is 12.9. The van der Waals surface area contributed by atoms with Crippen LogP contribution in [0.15, 0.2) is 0 Å². The summed E-state index contributed by atoms with van der Waals surface area (Å²) in [5, 5.41) is 0. The molecule has 0 spiro atoms. The monoisotopic (exact) mass is 268 g/mol. The highest BCUT2D eigenvalue weighted by Crippen LogP contribution is 2.68. The van der Waals surface area contributed by atoms with E-state index in [-0.39, 0.29) is 28.9 Å². The van der Waals surface area contributed by atoms with Crippen molar-refractivity contribution in [1.29, 1.82) is 0 Å². The molecule has 2 atom stereocenters. The fraction of sp³-hybridized carbons (Fsp3) is 0.933. The maximum atomic E-state index is 12.8. The molecular formula is C15H28N2O2. The molecule has 2 unspecified atom stereocenters. The molecule has 19 heavy (non-hydrogen) atoms. The Balaban J connectivity index is 2.08. The maximum absolute atomic E-state index is 12.8. The summed E-state index contributed by atoms with van der Waals surface area (Å²) in [6.45, 7) is 10.1. The first-order valence-corrected chi connectivity index (χ1v) is 7.30. The van der Waals surface area contributed by atoms with Crippen molar-refractivity contribution >= 4 is 5.91 Å². The van der Waals surface area contributed by atoms with Crippen molar-refractivity contribution in [2.45, 2.75) is 52.7 Å². The van der Waals surface area contributed by atoms with Crippen molar-refractivity contribution in [2.75, 3.05) is 20.2 Å². The standard InChI is InChI=1S/C15H28N2O2/c1-14(2)12(15(14,3)4)13(18)17-7-6-11(19-5)8-10(17)9-16/h10-12H,6-9,16H2,1-5H3.